The molecule has 0 aromatic carbocycles. The molecule has 0 atom stereocenters. The standard InChI is InChI=1S/C17H19F3N2O3S/c18-17(19,20)15(24)12-6-7-13(26-12)16(25)21-8-9-22(14(23)10-21)11-4-2-1-3-5-11/h6-7,11H,1-5,8-10H2. The fourth-order valence-corrected chi connectivity index (χ4v) is 4.44. The Labute approximate surface area is 152 Å². The van der Waals surface area contributed by atoms with E-state index in [4.69, 9.17) is 0 Å². The van der Waals surface area contributed by atoms with Crippen molar-refractivity contribution in [3.63, 3.8) is 0 Å². The summed E-state index contributed by atoms with van der Waals surface area (Å²) in [6, 6.07) is 2.45. The number of ketones is 1. The van der Waals surface area contributed by atoms with Crippen molar-refractivity contribution >= 4 is 28.9 Å². The molecule has 142 valence electrons. The van der Waals surface area contributed by atoms with Gasteiger partial charge in [-0.25, -0.2) is 0 Å². The lowest BCUT2D eigenvalue weighted by Gasteiger charge is -2.40. The van der Waals surface area contributed by atoms with Gasteiger partial charge in [-0.2, -0.15) is 13.2 Å². The van der Waals surface area contributed by atoms with Crippen molar-refractivity contribution in [3.05, 3.63) is 21.9 Å². The summed E-state index contributed by atoms with van der Waals surface area (Å²) in [5, 5.41) is 0. The quantitative estimate of drug-likeness (QED) is 0.748. The smallest absolute Gasteiger partial charge is 0.336 e. The maximum Gasteiger partial charge on any atom is 0.455 e. The third-order valence-electron chi connectivity index (χ3n) is 4.86. The molecule has 0 bridgehead atoms. The van der Waals surface area contributed by atoms with Crippen LogP contribution >= 0.6 is 11.3 Å². The molecule has 1 aliphatic heterocycles. The average Bonchev–Trinajstić information content (AvgIpc) is 3.10. The van der Waals surface area contributed by atoms with Gasteiger partial charge in [0.25, 0.3) is 11.7 Å². The molecular weight excluding hydrogens is 369 g/mol. The number of amides is 2. The Hall–Kier alpha value is -1.90. The number of carbonyl (C=O) groups is 3. The van der Waals surface area contributed by atoms with Gasteiger partial charge in [-0.1, -0.05) is 19.3 Å². The molecule has 2 amide bonds. The predicted octanol–water partition coefficient (Wildman–Crippen LogP) is 3.11. The molecule has 0 spiro atoms. The first kappa shape index (κ1) is 18.9. The predicted molar refractivity (Wildman–Crippen MR) is 89.2 cm³/mol. The topological polar surface area (TPSA) is 57.7 Å². The first-order valence-electron chi connectivity index (χ1n) is 8.57. The minimum absolute atomic E-state index is 0.0384. The van der Waals surface area contributed by atoms with Crippen molar-refractivity contribution < 1.29 is 27.6 Å². The monoisotopic (exact) mass is 388 g/mol. The van der Waals surface area contributed by atoms with Crippen molar-refractivity contribution in [1.82, 2.24) is 9.80 Å². The Morgan fingerprint density at radius 3 is 2.31 bits per heavy atom. The van der Waals surface area contributed by atoms with E-state index in [0.29, 0.717) is 24.4 Å². The van der Waals surface area contributed by atoms with Gasteiger partial charge in [-0.15, -0.1) is 11.3 Å². The highest BCUT2D eigenvalue weighted by molar-refractivity contribution is 7.16. The average molecular weight is 388 g/mol. The van der Waals surface area contributed by atoms with E-state index in [1.54, 1.807) is 0 Å². The Morgan fingerprint density at radius 2 is 1.69 bits per heavy atom. The minimum atomic E-state index is -4.97. The number of hydrogen-bond donors (Lipinski definition) is 0. The lowest BCUT2D eigenvalue weighted by Crippen LogP contribution is -2.55. The SMILES string of the molecule is O=C(c1ccc(C(=O)C(F)(F)F)s1)N1CCN(C2CCCCC2)C(=O)C1. The number of hydrogen-bond acceptors (Lipinski definition) is 4. The molecule has 0 radical (unpaired) electrons. The molecule has 1 aromatic heterocycles. The molecule has 9 heteroatoms. The second kappa shape index (κ2) is 7.38. The molecule has 2 aliphatic rings. The number of rotatable bonds is 3. The first-order valence-corrected chi connectivity index (χ1v) is 9.39. The number of nitrogens with zero attached hydrogens (tertiary/aromatic N) is 2. The van der Waals surface area contributed by atoms with Crippen LogP contribution in [0.2, 0.25) is 0 Å². The lowest BCUT2D eigenvalue weighted by atomic mass is 9.93. The van der Waals surface area contributed by atoms with Crippen LogP contribution in [-0.4, -0.2) is 59.2 Å². The lowest BCUT2D eigenvalue weighted by molar-refractivity contribution is -0.138. The summed E-state index contributed by atoms with van der Waals surface area (Å²) in [5.74, 6) is -2.59. The van der Waals surface area contributed by atoms with E-state index in [1.807, 2.05) is 4.90 Å². The number of alkyl halides is 3. The summed E-state index contributed by atoms with van der Waals surface area (Å²) < 4.78 is 37.4. The van der Waals surface area contributed by atoms with Crippen LogP contribution in [0.25, 0.3) is 0 Å². The molecule has 5 nitrogen and oxygen atoms in total. The summed E-state index contributed by atoms with van der Waals surface area (Å²) >= 11 is 0.514. The highest BCUT2D eigenvalue weighted by Crippen LogP contribution is 2.28. The maximum absolute atomic E-state index is 12.5. The third-order valence-corrected chi connectivity index (χ3v) is 5.93. The molecule has 1 aliphatic carbocycles. The fourth-order valence-electron chi connectivity index (χ4n) is 3.51. The van der Waals surface area contributed by atoms with Gasteiger partial charge in [-0.3, -0.25) is 14.4 Å². The van der Waals surface area contributed by atoms with Gasteiger partial charge in [-0.05, 0) is 25.0 Å². The second-order valence-electron chi connectivity index (χ2n) is 6.60. The van der Waals surface area contributed by atoms with E-state index >= 15 is 0 Å². The molecule has 26 heavy (non-hydrogen) atoms. The highest BCUT2D eigenvalue weighted by Gasteiger charge is 2.40. The molecular formula is C17H19F3N2O3S. The van der Waals surface area contributed by atoms with E-state index < -0.39 is 22.7 Å². The van der Waals surface area contributed by atoms with Crippen LogP contribution in [0.1, 0.15) is 51.4 Å². The first-order chi connectivity index (χ1) is 12.3. The number of piperazine rings is 1. The fraction of sp³-hybridized carbons (Fsp3) is 0.588. The van der Waals surface area contributed by atoms with E-state index in [-0.39, 0.29) is 23.4 Å². The molecule has 1 aromatic rings. The summed E-state index contributed by atoms with van der Waals surface area (Å²) in [5.41, 5.74) is 0. The Balaban J connectivity index is 1.64. The van der Waals surface area contributed by atoms with Crippen LogP contribution in [0, 0.1) is 0 Å². The van der Waals surface area contributed by atoms with E-state index in [9.17, 15) is 27.6 Å². The van der Waals surface area contributed by atoms with E-state index in [1.165, 1.54) is 17.4 Å². The number of halogens is 3. The summed E-state index contributed by atoms with van der Waals surface area (Å²) in [4.78, 5) is 38.8. The van der Waals surface area contributed by atoms with Crippen LogP contribution in [0.3, 0.4) is 0 Å². The van der Waals surface area contributed by atoms with Crippen molar-refractivity contribution in [1.29, 1.82) is 0 Å². The number of carbonyl (C=O) groups excluding carboxylic acids is 3. The zero-order chi connectivity index (χ0) is 18.9. The third kappa shape index (κ3) is 3.92. The minimum Gasteiger partial charge on any atom is -0.336 e. The second-order valence-corrected chi connectivity index (χ2v) is 7.68. The van der Waals surface area contributed by atoms with E-state index in [0.717, 1.165) is 31.7 Å². The summed E-state index contributed by atoms with van der Waals surface area (Å²) in [7, 11) is 0. The molecule has 0 unspecified atom stereocenters. The van der Waals surface area contributed by atoms with Crippen LogP contribution in [-0.2, 0) is 4.79 Å². The van der Waals surface area contributed by atoms with Gasteiger partial charge in [0.2, 0.25) is 5.91 Å². The normalized spacial score (nSPS) is 19.7. The Kier molecular flexibility index (Phi) is 5.36. The molecule has 2 heterocycles. The van der Waals surface area contributed by atoms with Crippen molar-refractivity contribution in [3.8, 4) is 0 Å². The van der Waals surface area contributed by atoms with Crippen molar-refractivity contribution in [2.45, 2.75) is 44.3 Å². The molecule has 2 fully saturated rings. The largest absolute Gasteiger partial charge is 0.455 e. The Bertz CT molecular complexity index is 710. The zero-order valence-corrected chi connectivity index (χ0v) is 14.9. The van der Waals surface area contributed by atoms with Gasteiger partial charge in [0.1, 0.15) is 6.54 Å². The van der Waals surface area contributed by atoms with E-state index in [2.05, 4.69) is 0 Å². The van der Waals surface area contributed by atoms with Gasteiger partial charge < -0.3 is 9.80 Å². The Morgan fingerprint density at radius 1 is 1.04 bits per heavy atom. The molecule has 1 saturated carbocycles. The van der Waals surface area contributed by atoms with Gasteiger partial charge in [0, 0.05) is 19.1 Å². The zero-order valence-electron chi connectivity index (χ0n) is 14.1. The van der Waals surface area contributed by atoms with Crippen LogP contribution in [0.4, 0.5) is 13.2 Å². The summed E-state index contributed by atoms with van der Waals surface area (Å²) in [6.45, 7) is 0.715. The summed E-state index contributed by atoms with van der Waals surface area (Å²) in [6.07, 6.45) is 0.374. The van der Waals surface area contributed by atoms with Gasteiger partial charge in [0.15, 0.2) is 0 Å². The molecule has 3 rings (SSSR count). The van der Waals surface area contributed by atoms with Crippen molar-refractivity contribution in [2.75, 3.05) is 19.6 Å². The molecule has 1 saturated heterocycles. The van der Waals surface area contributed by atoms with Gasteiger partial charge >= 0.3 is 6.18 Å². The highest BCUT2D eigenvalue weighted by atomic mass is 32.1. The molecule has 0 N–H and O–H groups in total. The number of thiophene rings is 1. The van der Waals surface area contributed by atoms with Crippen molar-refractivity contribution in [2.24, 2.45) is 0 Å². The number of Topliss-reactive ketones (excluding diaryl/α,β-unsaturated/α-hetero) is 1. The van der Waals surface area contributed by atoms with Crippen LogP contribution in [0.5, 0.6) is 0 Å². The van der Waals surface area contributed by atoms with Crippen LogP contribution in [0.15, 0.2) is 12.1 Å². The van der Waals surface area contributed by atoms with Gasteiger partial charge in [0.05, 0.1) is 9.75 Å². The van der Waals surface area contributed by atoms with Crippen LogP contribution < -0.4 is 0 Å². The maximum atomic E-state index is 12.5.